The molecule has 134 valence electrons. The smallest absolute Gasteiger partial charge is 0.192 e. The minimum Gasteiger partial charge on any atom is -0.357 e. The van der Waals surface area contributed by atoms with Gasteiger partial charge in [-0.15, -0.1) is 0 Å². The third-order valence-electron chi connectivity index (χ3n) is 4.15. The maximum absolute atomic E-state index is 4.77. The fraction of sp³-hybridized carbons (Fsp3) is 0.238. The van der Waals surface area contributed by atoms with Gasteiger partial charge in [0.1, 0.15) is 0 Å². The summed E-state index contributed by atoms with van der Waals surface area (Å²) >= 11 is 0. The summed E-state index contributed by atoms with van der Waals surface area (Å²) in [4.78, 5) is 4.77. The molecular formula is C21H25N5. The van der Waals surface area contributed by atoms with Gasteiger partial charge in [0.05, 0.1) is 18.3 Å². The average molecular weight is 347 g/mol. The van der Waals surface area contributed by atoms with Crippen LogP contribution in [0.2, 0.25) is 0 Å². The van der Waals surface area contributed by atoms with Crippen LogP contribution in [0.25, 0.3) is 5.69 Å². The predicted octanol–water partition coefficient (Wildman–Crippen LogP) is 3.69. The second kappa shape index (κ2) is 8.85. The number of para-hydroxylation sites is 1. The van der Waals surface area contributed by atoms with E-state index in [0.29, 0.717) is 6.54 Å². The van der Waals surface area contributed by atoms with Crippen LogP contribution in [0.5, 0.6) is 0 Å². The Morgan fingerprint density at radius 1 is 1.08 bits per heavy atom. The van der Waals surface area contributed by atoms with Crippen LogP contribution in [0.4, 0.5) is 0 Å². The summed E-state index contributed by atoms with van der Waals surface area (Å²) in [6.07, 6.45) is 3.73. The fourth-order valence-electron chi connectivity index (χ4n) is 2.79. The van der Waals surface area contributed by atoms with Crippen molar-refractivity contribution in [3.8, 4) is 5.69 Å². The first-order valence-electron chi connectivity index (χ1n) is 8.95. The molecule has 0 fully saturated rings. The quantitative estimate of drug-likeness (QED) is 0.528. The molecule has 0 bridgehead atoms. The monoisotopic (exact) mass is 347 g/mol. The molecule has 1 unspecified atom stereocenters. The van der Waals surface area contributed by atoms with Gasteiger partial charge in [-0.25, -0.2) is 9.67 Å². The number of hydrogen-bond donors (Lipinski definition) is 2. The number of nitrogens with one attached hydrogen (secondary N) is 2. The molecule has 0 saturated carbocycles. The van der Waals surface area contributed by atoms with E-state index in [4.69, 9.17) is 4.99 Å². The summed E-state index contributed by atoms with van der Waals surface area (Å²) in [5.74, 6) is 0.805. The van der Waals surface area contributed by atoms with E-state index in [2.05, 4.69) is 66.0 Å². The number of aromatic nitrogens is 2. The lowest BCUT2D eigenvalue weighted by Gasteiger charge is -2.18. The van der Waals surface area contributed by atoms with Gasteiger partial charge in [-0.3, -0.25) is 0 Å². The Morgan fingerprint density at radius 2 is 1.85 bits per heavy atom. The van der Waals surface area contributed by atoms with Crippen molar-refractivity contribution in [3.05, 3.63) is 84.2 Å². The van der Waals surface area contributed by atoms with Crippen molar-refractivity contribution < 1.29 is 0 Å². The van der Waals surface area contributed by atoms with Crippen molar-refractivity contribution in [3.63, 3.8) is 0 Å². The van der Waals surface area contributed by atoms with Crippen LogP contribution in [-0.2, 0) is 6.54 Å². The van der Waals surface area contributed by atoms with Gasteiger partial charge in [0.15, 0.2) is 5.96 Å². The lowest BCUT2D eigenvalue weighted by atomic mass is 10.1. The molecule has 0 radical (unpaired) electrons. The molecule has 1 aromatic heterocycles. The highest BCUT2D eigenvalue weighted by atomic mass is 15.3. The highest BCUT2D eigenvalue weighted by Crippen LogP contribution is 2.15. The zero-order chi connectivity index (χ0) is 18.2. The van der Waals surface area contributed by atoms with E-state index in [0.717, 1.165) is 23.8 Å². The summed E-state index contributed by atoms with van der Waals surface area (Å²) in [5.41, 5.74) is 3.41. The number of aliphatic imine (C=N–C) groups is 1. The molecule has 2 aromatic carbocycles. The van der Waals surface area contributed by atoms with Crippen LogP contribution in [-0.4, -0.2) is 22.3 Å². The third-order valence-corrected chi connectivity index (χ3v) is 4.15. The molecule has 0 aliphatic heterocycles. The Bertz CT molecular complexity index is 825. The first-order valence-corrected chi connectivity index (χ1v) is 8.95. The number of guanidine groups is 1. The van der Waals surface area contributed by atoms with Gasteiger partial charge in [-0.2, -0.15) is 5.10 Å². The molecule has 2 N–H and O–H groups in total. The molecule has 0 aliphatic rings. The van der Waals surface area contributed by atoms with E-state index in [-0.39, 0.29) is 6.04 Å². The Hall–Kier alpha value is -3.08. The highest BCUT2D eigenvalue weighted by Gasteiger charge is 2.08. The summed E-state index contributed by atoms with van der Waals surface area (Å²) in [6, 6.07) is 20.7. The molecule has 0 saturated heterocycles. The Kier molecular flexibility index (Phi) is 6.04. The topological polar surface area (TPSA) is 54.2 Å². The van der Waals surface area contributed by atoms with Crippen LogP contribution in [0.1, 0.15) is 31.0 Å². The van der Waals surface area contributed by atoms with E-state index in [1.807, 2.05) is 35.1 Å². The second-order valence-electron chi connectivity index (χ2n) is 6.05. The van der Waals surface area contributed by atoms with E-state index >= 15 is 0 Å². The minimum atomic E-state index is 0.176. The van der Waals surface area contributed by atoms with Crippen LogP contribution in [0, 0.1) is 0 Å². The van der Waals surface area contributed by atoms with Crippen LogP contribution < -0.4 is 10.6 Å². The Labute approximate surface area is 154 Å². The van der Waals surface area contributed by atoms with Crippen molar-refractivity contribution in [1.82, 2.24) is 20.4 Å². The van der Waals surface area contributed by atoms with E-state index in [1.54, 1.807) is 6.20 Å². The molecular weight excluding hydrogens is 322 g/mol. The predicted molar refractivity (Wildman–Crippen MR) is 106 cm³/mol. The first kappa shape index (κ1) is 17.7. The van der Waals surface area contributed by atoms with Crippen molar-refractivity contribution >= 4 is 5.96 Å². The zero-order valence-electron chi connectivity index (χ0n) is 15.3. The van der Waals surface area contributed by atoms with Crippen LogP contribution in [0.15, 0.2) is 78.0 Å². The lowest BCUT2D eigenvalue weighted by molar-refractivity contribution is 0.686. The van der Waals surface area contributed by atoms with Crippen molar-refractivity contribution in [2.45, 2.75) is 26.4 Å². The summed E-state index contributed by atoms with van der Waals surface area (Å²) in [7, 11) is 0. The van der Waals surface area contributed by atoms with Gasteiger partial charge < -0.3 is 10.6 Å². The van der Waals surface area contributed by atoms with Crippen LogP contribution >= 0.6 is 0 Å². The normalized spacial score (nSPS) is 12.6. The van der Waals surface area contributed by atoms with Crippen LogP contribution in [0.3, 0.4) is 0 Å². The van der Waals surface area contributed by atoms with Gasteiger partial charge in [0.25, 0.3) is 0 Å². The van der Waals surface area contributed by atoms with Crippen molar-refractivity contribution in [2.75, 3.05) is 6.54 Å². The molecule has 5 heteroatoms. The molecule has 3 aromatic rings. The van der Waals surface area contributed by atoms with Gasteiger partial charge in [0, 0.05) is 18.9 Å². The molecule has 0 spiro atoms. The third kappa shape index (κ3) is 4.51. The number of rotatable bonds is 6. The van der Waals surface area contributed by atoms with Gasteiger partial charge in [-0.05, 0) is 37.1 Å². The van der Waals surface area contributed by atoms with E-state index in [9.17, 15) is 0 Å². The molecule has 5 nitrogen and oxygen atoms in total. The van der Waals surface area contributed by atoms with E-state index < -0.39 is 0 Å². The lowest BCUT2D eigenvalue weighted by Crippen LogP contribution is -2.38. The maximum Gasteiger partial charge on any atom is 0.192 e. The molecule has 1 heterocycles. The average Bonchev–Trinajstić information content (AvgIpc) is 3.22. The maximum atomic E-state index is 4.77. The largest absolute Gasteiger partial charge is 0.357 e. The Morgan fingerprint density at radius 3 is 2.58 bits per heavy atom. The second-order valence-corrected chi connectivity index (χ2v) is 6.05. The number of benzene rings is 2. The SMILES string of the molecule is CCNC(=NCc1ccccc1-n1cccn1)NC(C)c1ccccc1. The molecule has 0 amide bonds. The summed E-state index contributed by atoms with van der Waals surface area (Å²) in [6.45, 7) is 5.60. The number of nitrogens with zero attached hydrogens (tertiary/aromatic N) is 3. The highest BCUT2D eigenvalue weighted by molar-refractivity contribution is 5.80. The van der Waals surface area contributed by atoms with Gasteiger partial charge >= 0.3 is 0 Å². The minimum absolute atomic E-state index is 0.176. The molecule has 3 rings (SSSR count). The van der Waals surface area contributed by atoms with Crippen molar-refractivity contribution in [1.29, 1.82) is 0 Å². The fourth-order valence-corrected chi connectivity index (χ4v) is 2.79. The van der Waals surface area contributed by atoms with Gasteiger partial charge in [0.2, 0.25) is 0 Å². The Balaban J connectivity index is 1.76. The molecule has 0 aliphatic carbocycles. The summed E-state index contributed by atoms with van der Waals surface area (Å²) < 4.78 is 1.87. The van der Waals surface area contributed by atoms with Crippen molar-refractivity contribution in [2.24, 2.45) is 4.99 Å². The molecule has 1 atom stereocenters. The first-order chi connectivity index (χ1) is 12.8. The van der Waals surface area contributed by atoms with E-state index in [1.165, 1.54) is 5.56 Å². The van der Waals surface area contributed by atoms with Gasteiger partial charge in [-0.1, -0.05) is 48.5 Å². The molecule has 26 heavy (non-hydrogen) atoms. The number of hydrogen-bond acceptors (Lipinski definition) is 2. The zero-order valence-corrected chi connectivity index (χ0v) is 15.3. The summed E-state index contributed by atoms with van der Waals surface area (Å²) in [5, 5.41) is 11.1. The standard InChI is InChI=1S/C21H25N5/c1-3-22-21(25-17(2)18-10-5-4-6-11-18)23-16-19-12-7-8-13-20(19)26-15-9-14-24-26/h4-15,17H,3,16H2,1-2H3,(H2,22,23,25).